The Bertz CT molecular complexity index is 1310. The predicted molar refractivity (Wildman–Crippen MR) is 156 cm³/mol. The summed E-state index contributed by atoms with van der Waals surface area (Å²) < 4.78 is 15.5. The van der Waals surface area contributed by atoms with E-state index in [1.54, 1.807) is 0 Å². The molecule has 1 aliphatic rings. The minimum atomic E-state index is -4.67. The van der Waals surface area contributed by atoms with Crippen molar-refractivity contribution in [1.82, 2.24) is 20.9 Å². The van der Waals surface area contributed by atoms with Crippen LogP contribution in [0.5, 0.6) is 5.75 Å². The molecule has 42 heavy (non-hydrogen) atoms. The maximum Gasteiger partial charge on any atom is 0.524 e. The first-order valence-corrected chi connectivity index (χ1v) is 15.2. The van der Waals surface area contributed by atoms with Crippen LogP contribution in [-0.2, 0) is 30.3 Å². The van der Waals surface area contributed by atoms with E-state index < -0.39 is 31.7 Å². The quantitative estimate of drug-likeness (QED) is 0.172. The molecule has 1 fully saturated rings. The van der Waals surface area contributed by atoms with E-state index in [0.717, 1.165) is 5.56 Å². The fourth-order valence-corrected chi connectivity index (χ4v) is 4.91. The first-order valence-electron chi connectivity index (χ1n) is 13.6. The van der Waals surface area contributed by atoms with Gasteiger partial charge >= 0.3 is 7.82 Å². The molecular formula is C29H37N4O8P. The Morgan fingerprint density at radius 1 is 1.05 bits per heavy atom. The second-order valence-electron chi connectivity index (χ2n) is 10.3. The molecule has 1 aliphatic heterocycles. The smallest absolute Gasteiger partial charge is 0.404 e. The van der Waals surface area contributed by atoms with E-state index in [9.17, 15) is 23.7 Å². The van der Waals surface area contributed by atoms with E-state index >= 15 is 0 Å². The van der Waals surface area contributed by atoms with Crippen molar-refractivity contribution >= 4 is 37.5 Å². The molecule has 1 heterocycles. The molecule has 2 aromatic rings. The number of rotatable bonds is 13. The summed E-state index contributed by atoms with van der Waals surface area (Å²) in [5.41, 5.74) is 1.50. The lowest BCUT2D eigenvalue weighted by molar-refractivity contribution is -0.141. The monoisotopic (exact) mass is 600 g/mol. The maximum absolute atomic E-state index is 13.5. The van der Waals surface area contributed by atoms with E-state index in [-0.39, 0.29) is 30.0 Å². The molecular weight excluding hydrogens is 563 g/mol. The maximum atomic E-state index is 13.5. The van der Waals surface area contributed by atoms with Crippen molar-refractivity contribution in [2.45, 2.75) is 51.7 Å². The molecule has 13 heteroatoms. The molecule has 0 unspecified atom stereocenters. The summed E-state index contributed by atoms with van der Waals surface area (Å²) in [6.07, 6.45) is 4.17. The summed E-state index contributed by atoms with van der Waals surface area (Å²) >= 11 is 0. The van der Waals surface area contributed by atoms with Crippen LogP contribution in [0.3, 0.4) is 0 Å². The van der Waals surface area contributed by atoms with Gasteiger partial charge in [0.1, 0.15) is 17.8 Å². The van der Waals surface area contributed by atoms with Gasteiger partial charge in [-0.1, -0.05) is 56.3 Å². The van der Waals surface area contributed by atoms with Gasteiger partial charge in [0.2, 0.25) is 23.6 Å². The zero-order valence-electron chi connectivity index (χ0n) is 23.6. The van der Waals surface area contributed by atoms with Crippen molar-refractivity contribution in [1.29, 1.82) is 0 Å². The number of phosphoric acid groups is 1. The Balaban J connectivity index is 1.56. The minimum absolute atomic E-state index is 0.0236. The third-order valence-electron chi connectivity index (χ3n) is 6.45. The molecule has 3 rings (SSSR count). The van der Waals surface area contributed by atoms with Gasteiger partial charge in [0, 0.05) is 19.2 Å². The lowest BCUT2D eigenvalue weighted by atomic mass is 10.0. The Morgan fingerprint density at radius 2 is 1.74 bits per heavy atom. The molecule has 0 radical (unpaired) electrons. The van der Waals surface area contributed by atoms with Crippen molar-refractivity contribution in [3.63, 3.8) is 0 Å². The average Bonchev–Trinajstić information content (AvgIpc) is 3.43. The van der Waals surface area contributed by atoms with E-state index in [1.807, 2.05) is 44.2 Å². The number of amides is 4. The van der Waals surface area contributed by atoms with Gasteiger partial charge < -0.3 is 25.4 Å². The van der Waals surface area contributed by atoms with Crippen molar-refractivity contribution in [2.24, 2.45) is 5.92 Å². The van der Waals surface area contributed by atoms with Crippen molar-refractivity contribution in [2.75, 3.05) is 13.1 Å². The zero-order chi connectivity index (χ0) is 30.7. The first kappa shape index (κ1) is 32.5. The number of likely N-dealkylation sites (tertiary alicyclic amines) is 1. The molecule has 226 valence electrons. The predicted octanol–water partition coefficient (Wildman–Crippen LogP) is 2.13. The largest absolute Gasteiger partial charge is 0.524 e. The van der Waals surface area contributed by atoms with Crippen LogP contribution >= 0.6 is 7.82 Å². The van der Waals surface area contributed by atoms with E-state index in [2.05, 4.69) is 20.5 Å². The zero-order valence-corrected chi connectivity index (χ0v) is 24.5. The van der Waals surface area contributed by atoms with Gasteiger partial charge in [0.15, 0.2) is 0 Å². The summed E-state index contributed by atoms with van der Waals surface area (Å²) in [6, 6.07) is 13.5. The van der Waals surface area contributed by atoms with Crippen LogP contribution in [-0.4, -0.2) is 63.5 Å². The van der Waals surface area contributed by atoms with Crippen LogP contribution in [0.2, 0.25) is 0 Å². The van der Waals surface area contributed by atoms with Crippen molar-refractivity contribution < 1.29 is 38.1 Å². The van der Waals surface area contributed by atoms with Crippen LogP contribution < -0.4 is 20.5 Å². The number of nitrogens with zero attached hydrogens (tertiary/aromatic N) is 1. The van der Waals surface area contributed by atoms with Gasteiger partial charge in [0.25, 0.3) is 0 Å². The highest BCUT2D eigenvalue weighted by molar-refractivity contribution is 7.46. The molecule has 0 aromatic heterocycles. The summed E-state index contributed by atoms with van der Waals surface area (Å²) in [7, 11) is -4.67. The second kappa shape index (κ2) is 15.3. The van der Waals surface area contributed by atoms with Gasteiger partial charge in [-0.15, -0.1) is 0 Å². The number of hydrogen-bond acceptors (Lipinski definition) is 6. The minimum Gasteiger partial charge on any atom is -0.404 e. The van der Waals surface area contributed by atoms with E-state index in [0.29, 0.717) is 37.9 Å². The molecule has 4 amide bonds. The van der Waals surface area contributed by atoms with Crippen LogP contribution in [0.15, 0.2) is 60.7 Å². The number of phosphoric ester groups is 1. The van der Waals surface area contributed by atoms with Crippen molar-refractivity contribution in [3.8, 4) is 5.75 Å². The van der Waals surface area contributed by atoms with Gasteiger partial charge in [0.05, 0.1) is 6.54 Å². The van der Waals surface area contributed by atoms with E-state index in [4.69, 9.17) is 9.79 Å². The van der Waals surface area contributed by atoms with Gasteiger partial charge in [-0.25, -0.2) is 4.57 Å². The molecule has 5 N–H and O–H groups in total. The number of carbonyl (C=O) groups is 4. The fraction of sp³-hybridized carbons (Fsp3) is 0.379. The molecule has 0 aliphatic carbocycles. The summed E-state index contributed by atoms with van der Waals surface area (Å²) in [5, 5.41) is 8.11. The molecule has 0 bridgehead atoms. The fourth-order valence-electron chi connectivity index (χ4n) is 4.51. The summed E-state index contributed by atoms with van der Waals surface area (Å²) in [4.78, 5) is 70.6. The Labute approximate surface area is 244 Å². The van der Waals surface area contributed by atoms with Crippen LogP contribution in [0.25, 0.3) is 6.08 Å². The van der Waals surface area contributed by atoms with Crippen LogP contribution in [0, 0.1) is 5.92 Å². The van der Waals surface area contributed by atoms with Crippen LogP contribution in [0.4, 0.5) is 0 Å². The highest BCUT2D eigenvalue weighted by atomic mass is 31.2. The molecule has 1 saturated heterocycles. The highest BCUT2D eigenvalue weighted by Gasteiger charge is 2.37. The standard InChI is InChI=1S/C29H37N4O8P/c1-20(2)17-24(32-26(34)15-12-21-10-13-23(14-11-21)41-42(38,39)40)29(37)33-16-6-9-25(33)28(36)31-19-27(35)30-18-22-7-4-3-5-8-22/h3-5,7-8,10-15,20,24-25H,6,9,16-19H2,1-2H3,(H,30,35)(H,31,36)(H,32,34)(H2,38,39,40)/b15-12+/t24-,25-/m0/s1. The SMILES string of the molecule is CC(C)C[C@H](NC(=O)/C=C/c1ccc(OP(=O)(O)O)cc1)C(=O)N1CCC[C@H]1C(=O)NCC(=O)NCc1ccccc1. The molecule has 2 aromatic carbocycles. The lowest BCUT2D eigenvalue weighted by Crippen LogP contribution is -2.54. The molecule has 12 nitrogen and oxygen atoms in total. The Kier molecular flexibility index (Phi) is 11.8. The highest BCUT2D eigenvalue weighted by Crippen LogP contribution is 2.37. The normalized spacial score (nSPS) is 15.8. The Hall–Kier alpha value is -3.99. The van der Waals surface area contributed by atoms with Gasteiger partial charge in [-0.05, 0) is 54.5 Å². The molecule has 0 saturated carbocycles. The topological polar surface area (TPSA) is 174 Å². The Morgan fingerprint density at radius 3 is 2.38 bits per heavy atom. The number of carbonyl (C=O) groups excluding carboxylic acids is 4. The van der Waals surface area contributed by atoms with E-state index in [1.165, 1.54) is 41.3 Å². The lowest BCUT2D eigenvalue weighted by Gasteiger charge is -2.29. The number of nitrogens with one attached hydrogen (secondary N) is 3. The molecule has 2 atom stereocenters. The average molecular weight is 601 g/mol. The van der Waals surface area contributed by atoms with Crippen molar-refractivity contribution in [3.05, 3.63) is 71.8 Å². The third-order valence-corrected chi connectivity index (χ3v) is 6.90. The summed E-state index contributed by atoms with van der Waals surface area (Å²) in [6.45, 7) is 4.33. The van der Waals surface area contributed by atoms with Gasteiger partial charge in [-0.2, -0.15) is 0 Å². The first-order chi connectivity index (χ1) is 19.9. The van der Waals surface area contributed by atoms with Gasteiger partial charge in [-0.3, -0.25) is 29.0 Å². The van der Waals surface area contributed by atoms with Crippen LogP contribution in [0.1, 0.15) is 44.2 Å². The number of hydrogen-bond donors (Lipinski definition) is 5. The second-order valence-corrected chi connectivity index (χ2v) is 11.5. The third kappa shape index (κ3) is 10.8. The number of benzene rings is 2. The molecule has 0 spiro atoms. The summed E-state index contributed by atoms with van der Waals surface area (Å²) in [5.74, 6) is -1.59.